The predicted octanol–water partition coefficient (Wildman–Crippen LogP) is 0.967. The van der Waals surface area contributed by atoms with Gasteiger partial charge in [0.05, 0.1) is 25.8 Å². The maximum atomic E-state index is 11.7. The van der Waals surface area contributed by atoms with Gasteiger partial charge in [-0.2, -0.15) is 0 Å². The molecule has 1 aliphatic rings. The van der Waals surface area contributed by atoms with Gasteiger partial charge in [-0.3, -0.25) is 4.79 Å². The van der Waals surface area contributed by atoms with Crippen LogP contribution in [0, 0.1) is 0 Å². The van der Waals surface area contributed by atoms with Crippen LogP contribution < -0.4 is 5.73 Å². The highest BCUT2D eigenvalue weighted by molar-refractivity contribution is 5.85. The summed E-state index contributed by atoms with van der Waals surface area (Å²) < 4.78 is 5.43. The molecular weight excluding hydrogens is 240 g/mol. The molecule has 1 fully saturated rings. The number of hydrogen-bond acceptors (Lipinski definition) is 3. The lowest BCUT2D eigenvalue weighted by Gasteiger charge is -2.35. The molecule has 1 unspecified atom stereocenters. The van der Waals surface area contributed by atoms with Gasteiger partial charge in [0.2, 0.25) is 5.91 Å². The van der Waals surface area contributed by atoms with Gasteiger partial charge in [0.1, 0.15) is 0 Å². The van der Waals surface area contributed by atoms with E-state index in [9.17, 15) is 4.79 Å². The third-order valence-corrected chi connectivity index (χ3v) is 2.81. The Balaban J connectivity index is 0.00000144. The molecule has 4 nitrogen and oxygen atoms in total. The largest absolute Gasteiger partial charge is 0.377 e. The third-order valence-electron chi connectivity index (χ3n) is 2.81. The number of nitrogens with two attached hydrogens (primary N) is 1. The second-order valence-corrected chi connectivity index (χ2v) is 3.79. The molecule has 1 saturated heterocycles. The summed E-state index contributed by atoms with van der Waals surface area (Å²) in [5.74, 6) is -0.0165. The van der Waals surface area contributed by atoms with Crippen LogP contribution >= 0.6 is 12.4 Å². The maximum Gasteiger partial charge on any atom is 0.236 e. The predicted molar refractivity (Wildman–Crippen MR) is 68.0 cm³/mol. The van der Waals surface area contributed by atoms with E-state index in [1.54, 1.807) is 4.90 Å². The molecule has 1 aromatic rings. The van der Waals surface area contributed by atoms with Gasteiger partial charge in [-0.1, -0.05) is 30.3 Å². The van der Waals surface area contributed by atoms with Crippen LogP contribution in [0.4, 0.5) is 0 Å². The Labute approximate surface area is 107 Å². The first-order valence-electron chi connectivity index (χ1n) is 5.45. The highest BCUT2D eigenvalue weighted by Crippen LogP contribution is 2.23. The second-order valence-electron chi connectivity index (χ2n) is 3.79. The summed E-state index contributed by atoms with van der Waals surface area (Å²) >= 11 is 0. The van der Waals surface area contributed by atoms with Crippen LogP contribution in [0.2, 0.25) is 0 Å². The molecule has 5 heteroatoms. The Morgan fingerprint density at radius 3 is 2.76 bits per heavy atom. The van der Waals surface area contributed by atoms with Crippen LogP contribution in [0.1, 0.15) is 11.6 Å². The normalized spacial score (nSPS) is 19.6. The lowest BCUT2D eigenvalue weighted by molar-refractivity contribution is -0.138. The third kappa shape index (κ3) is 3.19. The Hall–Kier alpha value is -1.10. The van der Waals surface area contributed by atoms with E-state index in [2.05, 4.69) is 0 Å². The molecule has 1 atom stereocenters. The number of rotatable bonds is 2. The van der Waals surface area contributed by atoms with Crippen molar-refractivity contribution in [2.45, 2.75) is 6.04 Å². The van der Waals surface area contributed by atoms with E-state index in [0.29, 0.717) is 19.8 Å². The minimum atomic E-state index is -0.0165. The van der Waals surface area contributed by atoms with E-state index in [1.807, 2.05) is 30.3 Å². The molecule has 0 saturated carbocycles. The first kappa shape index (κ1) is 14.0. The fourth-order valence-corrected chi connectivity index (χ4v) is 1.97. The van der Waals surface area contributed by atoms with Crippen molar-refractivity contribution in [3.05, 3.63) is 35.9 Å². The molecule has 0 spiro atoms. The van der Waals surface area contributed by atoms with Crippen LogP contribution in [0.5, 0.6) is 0 Å². The van der Waals surface area contributed by atoms with Gasteiger partial charge in [0.15, 0.2) is 0 Å². The number of carbonyl (C=O) groups excluding carboxylic acids is 1. The van der Waals surface area contributed by atoms with Gasteiger partial charge in [-0.05, 0) is 5.56 Å². The van der Waals surface area contributed by atoms with Crippen molar-refractivity contribution in [3.63, 3.8) is 0 Å². The summed E-state index contributed by atoms with van der Waals surface area (Å²) in [6, 6.07) is 9.92. The van der Waals surface area contributed by atoms with E-state index >= 15 is 0 Å². The lowest BCUT2D eigenvalue weighted by atomic mass is 10.0. The van der Waals surface area contributed by atoms with E-state index in [1.165, 1.54) is 0 Å². The van der Waals surface area contributed by atoms with Crippen LogP contribution in [0.25, 0.3) is 0 Å². The lowest BCUT2D eigenvalue weighted by Crippen LogP contribution is -2.45. The molecule has 0 radical (unpaired) electrons. The van der Waals surface area contributed by atoms with Gasteiger partial charge in [0.25, 0.3) is 0 Å². The van der Waals surface area contributed by atoms with Crippen LogP contribution in [-0.4, -0.2) is 37.1 Å². The van der Waals surface area contributed by atoms with Gasteiger partial charge in [0, 0.05) is 6.54 Å². The Bertz CT molecular complexity index is 359. The number of hydrogen-bond donors (Lipinski definition) is 1. The highest BCUT2D eigenvalue weighted by atomic mass is 35.5. The smallest absolute Gasteiger partial charge is 0.236 e. The molecular formula is C12H17ClN2O2. The number of benzene rings is 1. The minimum absolute atomic E-state index is 0. The van der Waals surface area contributed by atoms with E-state index in [0.717, 1.165) is 5.56 Å². The first-order valence-corrected chi connectivity index (χ1v) is 5.45. The molecule has 94 valence electrons. The quantitative estimate of drug-likeness (QED) is 0.858. The molecule has 0 aliphatic carbocycles. The monoisotopic (exact) mass is 256 g/mol. The van der Waals surface area contributed by atoms with Crippen LogP contribution in [0.3, 0.4) is 0 Å². The zero-order chi connectivity index (χ0) is 11.4. The molecule has 1 heterocycles. The van der Waals surface area contributed by atoms with Crippen LogP contribution in [0.15, 0.2) is 30.3 Å². The van der Waals surface area contributed by atoms with Crippen LogP contribution in [-0.2, 0) is 9.53 Å². The molecule has 1 amide bonds. The molecule has 2 rings (SSSR count). The number of morpholine rings is 1. The summed E-state index contributed by atoms with van der Waals surface area (Å²) in [5, 5.41) is 0. The van der Waals surface area contributed by atoms with Crippen molar-refractivity contribution >= 4 is 18.3 Å². The second kappa shape index (κ2) is 6.59. The Kier molecular flexibility index (Phi) is 5.41. The number of ether oxygens (including phenoxy) is 1. The molecule has 0 aromatic heterocycles. The fourth-order valence-electron chi connectivity index (χ4n) is 1.97. The van der Waals surface area contributed by atoms with Gasteiger partial charge < -0.3 is 15.4 Å². The average molecular weight is 257 g/mol. The van der Waals surface area contributed by atoms with Gasteiger partial charge in [-0.15, -0.1) is 12.4 Å². The van der Waals surface area contributed by atoms with E-state index in [4.69, 9.17) is 10.5 Å². The van der Waals surface area contributed by atoms with Crippen molar-refractivity contribution in [2.75, 3.05) is 26.3 Å². The van der Waals surface area contributed by atoms with Gasteiger partial charge >= 0.3 is 0 Å². The molecule has 17 heavy (non-hydrogen) atoms. The standard InChI is InChI=1S/C12H16N2O2.ClH/c13-8-12(15)14-6-7-16-9-11(14)10-4-2-1-3-5-10;/h1-5,11H,6-9,13H2;1H. The van der Waals surface area contributed by atoms with Gasteiger partial charge in [-0.25, -0.2) is 0 Å². The van der Waals surface area contributed by atoms with E-state index in [-0.39, 0.29) is 30.9 Å². The fraction of sp³-hybridized carbons (Fsp3) is 0.417. The number of nitrogens with zero attached hydrogens (tertiary/aromatic N) is 1. The highest BCUT2D eigenvalue weighted by Gasteiger charge is 2.27. The maximum absolute atomic E-state index is 11.7. The summed E-state index contributed by atoms with van der Waals surface area (Å²) in [7, 11) is 0. The Morgan fingerprint density at radius 2 is 2.12 bits per heavy atom. The molecule has 0 bridgehead atoms. The topological polar surface area (TPSA) is 55.6 Å². The molecule has 2 N–H and O–H groups in total. The van der Waals surface area contributed by atoms with Crippen molar-refractivity contribution in [1.29, 1.82) is 0 Å². The van der Waals surface area contributed by atoms with Crippen molar-refractivity contribution in [3.8, 4) is 0 Å². The number of halogens is 1. The van der Waals surface area contributed by atoms with Crippen molar-refractivity contribution in [2.24, 2.45) is 5.73 Å². The summed E-state index contributed by atoms with van der Waals surface area (Å²) in [6.45, 7) is 1.82. The number of carbonyl (C=O) groups is 1. The molecule has 1 aromatic carbocycles. The average Bonchev–Trinajstić information content (AvgIpc) is 2.39. The summed E-state index contributed by atoms with van der Waals surface area (Å²) in [6.07, 6.45) is 0. The number of amides is 1. The van der Waals surface area contributed by atoms with Crippen molar-refractivity contribution in [1.82, 2.24) is 4.90 Å². The van der Waals surface area contributed by atoms with Crippen molar-refractivity contribution < 1.29 is 9.53 Å². The van der Waals surface area contributed by atoms with E-state index < -0.39 is 0 Å². The minimum Gasteiger partial charge on any atom is -0.377 e. The Morgan fingerprint density at radius 1 is 1.41 bits per heavy atom. The SMILES string of the molecule is Cl.NCC(=O)N1CCOCC1c1ccccc1. The summed E-state index contributed by atoms with van der Waals surface area (Å²) in [4.78, 5) is 13.5. The zero-order valence-electron chi connectivity index (χ0n) is 9.54. The first-order chi connectivity index (χ1) is 7.83. The zero-order valence-corrected chi connectivity index (χ0v) is 10.4. The molecule has 1 aliphatic heterocycles. The summed E-state index contributed by atoms with van der Waals surface area (Å²) in [5.41, 5.74) is 6.51.